The molecule has 146 valence electrons. The highest BCUT2D eigenvalue weighted by atomic mass is 32.2. The molecule has 1 aromatic carbocycles. The average Bonchev–Trinajstić information content (AvgIpc) is 3.02. The number of aryl methyl sites for hydroxylation is 1. The summed E-state index contributed by atoms with van der Waals surface area (Å²) in [7, 11) is 0. The topological polar surface area (TPSA) is 109 Å². The van der Waals surface area contributed by atoms with Gasteiger partial charge in [-0.05, 0) is 44.2 Å². The van der Waals surface area contributed by atoms with E-state index in [1.165, 1.54) is 18.7 Å². The van der Waals surface area contributed by atoms with E-state index in [1.807, 2.05) is 19.9 Å². The summed E-state index contributed by atoms with van der Waals surface area (Å²) in [5.41, 5.74) is 3.08. The molecule has 2 amide bonds. The highest BCUT2D eigenvalue weighted by Gasteiger charge is 2.14. The van der Waals surface area contributed by atoms with E-state index in [-0.39, 0.29) is 23.1 Å². The Hall–Kier alpha value is -3.07. The highest BCUT2D eigenvalue weighted by molar-refractivity contribution is 7.99. The van der Waals surface area contributed by atoms with Gasteiger partial charge in [0.25, 0.3) is 5.56 Å². The Morgan fingerprint density at radius 1 is 1.18 bits per heavy atom. The van der Waals surface area contributed by atoms with Gasteiger partial charge in [-0.1, -0.05) is 11.8 Å². The summed E-state index contributed by atoms with van der Waals surface area (Å²) in [6.07, 6.45) is 0. The summed E-state index contributed by atoms with van der Waals surface area (Å²) in [6, 6.07) is 8.66. The van der Waals surface area contributed by atoms with Gasteiger partial charge >= 0.3 is 0 Å². The zero-order valence-corrected chi connectivity index (χ0v) is 16.6. The van der Waals surface area contributed by atoms with Crippen molar-refractivity contribution < 1.29 is 9.59 Å². The van der Waals surface area contributed by atoms with Crippen LogP contribution in [-0.2, 0) is 16.1 Å². The molecular formula is C19H21N5O3S. The Kier molecular flexibility index (Phi) is 5.84. The number of amides is 2. The zero-order valence-electron chi connectivity index (χ0n) is 15.8. The van der Waals surface area contributed by atoms with Crippen molar-refractivity contribution >= 4 is 46.0 Å². The van der Waals surface area contributed by atoms with Gasteiger partial charge in [-0.15, -0.1) is 0 Å². The Bertz CT molecular complexity index is 1090. The predicted molar refractivity (Wildman–Crippen MR) is 111 cm³/mol. The van der Waals surface area contributed by atoms with Crippen molar-refractivity contribution in [2.45, 2.75) is 32.5 Å². The normalized spacial score (nSPS) is 10.8. The molecule has 2 aromatic heterocycles. The van der Waals surface area contributed by atoms with E-state index in [0.29, 0.717) is 34.1 Å². The molecule has 0 aliphatic carbocycles. The second-order valence-electron chi connectivity index (χ2n) is 6.25. The number of aromatic nitrogens is 3. The van der Waals surface area contributed by atoms with Gasteiger partial charge < -0.3 is 15.6 Å². The maximum absolute atomic E-state index is 12.6. The van der Waals surface area contributed by atoms with Crippen LogP contribution in [-0.4, -0.2) is 32.1 Å². The van der Waals surface area contributed by atoms with Gasteiger partial charge in [-0.2, -0.15) is 0 Å². The predicted octanol–water partition coefficient (Wildman–Crippen LogP) is 2.74. The van der Waals surface area contributed by atoms with Crippen LogP contribution in [0.2, 0.25) is 0 Å². The second kappa shape index (κ2) is 8.30. The van der Waals surface area contributed by atoms with Crippen LogP contribution in [0.1, 0.15) is 19.5 Å². The lowest BCUT2D eigenvalue weighted by molar-refractivity contribution is -0.114. The lowest BCUT2D eigenvalue weighted by Gasteiger charge is -2.10. The third-order valence-electron chi connectivity index (χ3n) is 3.98. The monoisotopic (exact) mass is 399 g/mol. The van der Waals surface area contributed by atoms with Crippen molar-refractivity contribution in [3.8, 4) is 0 Å². The minimum atomic E-state index is -0.209. The first kappa shape index (κ1) is 19.7. The van der Waals surface area contributed by atoms with Gasteiger partial charge in [0, 0.05) is 30.5 Å². The first-order valence-corrected chi connectivity index (χ1v) is 9.76. The first-order chi connectivity index (χ1) is 13.4. The van der Waals surface area contributed by atoms with E-state index in [4.69, 9.17) is 0 Å². The number of thioether (sulfide) groups is 1. The van der Waals surface area contributed by atoms with Crippen LogP contribution in [0.3, 0.4) is 0 Å². The Morgan fingerprint density at radius 2 is 1.82 bits per heavy atom. The van der Waals surface area contributed by atoms with Crippen molar-refractivity contribution in [2.75, 3.05) is 16.4 Å². The van der Waals surface area contributed by atoms with Gasteiger partial charge in [-0.25, -0.2) is 4.98 Å². The molecule has 0 saturated heterocycles. The molecule has 28 heavy (non-hydrogen) atoms. The van der Waals surface area contributed by atoms with Gasteiger partial charge in [0.15, 0.2) is 5.16 Å². The van der Waals surface area contributed by atoms with Crippen molar-refractivity contribution in [3.05, 3.63) is 46.4 Å². The summed E-state index contributed by atoms with van der Waals surface area (Å²) in [5.74, 6) is -0.244. The largest absolute Gasteiger partial charge is 0.353 e. The smallest absolute Gasteiger partial charge is 0.278 e. The number of carbonyl (C=O) groups excluding carboxylic acids is 2. The molecule has 8 nitrogen and oxygen atoms in total. The van der Waals surface area contributed by atoms with Crippen LogP contribution >= 0.6 is 11.8 Å². The fraction of sp³-hybridized carbons (Fsp3) is 0.263. The lowest BCUT2D eigenvalue weighted by Crippen LogP contribution is -2.23. The van der Waals surface area contributed by atoms with E-state index in [2.05, 4.69) is 20.6 Å². The maximum atomic E-state index is 12.6. The Morgan fingerprint density at radius 3 is 2.43 bits per heavy atom. The number of anilines is 2. The van der Waals surface area contributed by atoms with E-state index < -0.39 is 0 Å². The summed E-state index contributed by atoms with van der Waals surface area (Å²) in [5, 5.41) is 5.97. The third kappa shape index (κ3) is 4.42. The standard InChI is InChI=1S/C19H21N5O3S/c1-4-24-18(27)17-15(9-11(2)20-17)23-19(24)28-10-16(26)22-14-7-5-13(6-8-14)21-12(3)25/h5-9,20H,4,10H2,1-3H3,(H,21,25)(H,22,26). The molecule has 0 aliphatic rings. The number of hydrogen-bond donors (Lipinski definition) is 3. The van der Waals surface area contributed by atoms with Crippen molar-refractivity contribution in [2.24, 2.45) is 0 Å². The Balaban J connectivity index is 1.69. The molecule has 3 N–H and O–H groups in total. The number of nitrogens with one attached hydrogen (secondary N) is 3. The number of nitrogens with zero attached hydrogens (tertiary/aromatic N) is 2. The third-order valence-corrected chi connectivity index (χ3v) is 4.95. The van der Waals surface area contributed by atoms with Gasteiger partial charge in [0.05, 0.1) is 11.3 Å². The van der Waals surface area contributed by atoms with Gasteiger partial charge in [-0.3, -0.25) is 19.0 Å². The quantitative estimate of drug-likeness (QED) is 0.436. The SMILES string of the molecule is CCn1c(SCC(=O)Nc2ccc(NC(C)=O)cc2)nc2cc(C)[nH]c2c1=O. The van der Waals surface area contributed by atoms with E-state index in [0.717, 1.165) is 5.69 Å². The zero-order chi connectivity index (χ0) is 20.3. The molecule has 0 bridgehead atoms. The molecule has 9 heteroatoms. The summed E-state index contributed by atoms with van der Waals surface area (Å²) < 4.78 is 1.55. The number of fused-ring (bicyclic) bond motifs is 1. The van der Waals surface area contributed by atoms with Crippen LogP contribution in [0.15, 0.2) is 40.3 Å². The molecular weight excluding hydrogens is 378 g/mol. The molecule has 0 radical (unpaired) electrons. The summed E-state index contributed by atoms with van der Waals surface area (Å²) >= 11 is 1.22. The van der Waals surface area contributed by atoms with Crippen molar-refractivity contribution in [1.29, 1.82) is 0 Å². The van der Waals surface area contributed by atoms with Crippen LogP contribution in [0.5, 0.6) is 0 Å². The van der Waals surface area contributed by atoms with Gasteiger partial charge in [0.2, 0.25) is 11.8 Å². The average molecular weight is 399 g/mol. The molecule has 0 fully saturated rings. The number of rotatable bonds is 6. The first-order valence-electron chi connectivity index (χ1n) is 8.78. The maximum Gasteiger partial charge on any atom is 0.278 e. The second-order valence-corrected chi connectivity index (χ2v) is 7.19. The van der Waals surface area contributed by atoms with Crippen molar-refractivity contribution in [1.82, 2.24) is 14.5 Å². The van der Waals surface area contributed by atoms with Crippen LogP contribution in [0, 0.1) is 6.92 Å². The fourth-order valence-corrected chi connectivity index (χ4v) is 3.63. The number of carbonyl (C=O) groups is 2. The van der Waals surface area contributed by atoms with Crippen LogP contribution < -0.4 is 16.2 Å². The molecule has 0 unspecified atom stereocenters. The molecule has 0 aliphatic heterocycles. The summed E-state index contributed by atoms with van der Waals surface area (Å²) in [6.45, 7) is 5.64. The van der Waals surface area contributed by atoms with E-state index in [9.17, 15) is 14.4 Å². The number of H-pyrrole nitrogens is 1. The lowest BCUT2D eigenvalue weighted by atomic mass is 10.3. The molecule has 2 heterocycles. The minimum absolute atomic E-state index is 0.120. The molecule has 3 aromatic rings. The fourth-order valence-electron chi connectivity index (χ4n) is 2.77. The molecule has 3 rings (SSSR count). The van der Waals surface area contributed by atoms with Gasteiger partial charge in [0.1, 0.15) is 5.52 Å². The van der Waals surface area contributed by atoms with Crippen LogP contribution in [0.25, 0.3) is 11.0 Å². The summed E-state index contributed by atoms with van der Waals surface area (Å²) in [4.78, 5) is 43.5. The van der Waals surface area contributed by atoms with Crippen molar-refractivity contribution in [3.63, 3.8) is 0 Å². The van der Waals surface area contributed by atoms with E-state index in [1.54, 1.807) is 28.8 Å². The molecule has 0 atom stereocenters. The molecule has 0 spiro atoms. The number of benzene rings is 1. The minimum Gasteiger partial charge on any atom is -0.353 e. The number of hydrogen-bond acceptors (Lipinski definition) is 5. The highest BCUT2D eigenvalue weighted by Crippen LogP contribution is 2.19. The Labute approximate surface area is 165 Å². The number of aromatic amines is 1. The van der Waals surface area contributed by atoms with E-state index >= 15 is 0 Å². The van der Waals surface area contributed by atoms with Crippen LogP contribution in [0.4, 0.5) is 11.4 Å². The molecule has 0 saturated carbocycles.